The third-order valence-corrected chi connectivity index (χ3v) is 3.90. The Labute approximate surface area is 161 Å². The van der Waals surface area contributed by atoms with Gasteiger partial charge in [-0.05, 0) is 29.8 Å². The van der Waals surface area contributed by atoms with Crippen LogP contribution in [0, 0.1) is 0 Å². The zero-order valence-corrected chi connectivity index (χ0v) is 15.8. The highest BCUT2D eigenvalue weighted by Crippen LogP contribution is 2.38. The van der Waals surface area contributed by atoms with Crippen molar-refractivity contribution in [3.05, 3.63) is 59.6 Å². The molecule has 28 heavy (non-hydrogen) atoms. The molecule has 0 atom stereocenters. The van der Waals surface area contributed by atoms with Gasteiger partial charge in [0.1, 0.15) is 0 Å². The van der Waals surface area contributed by atoms with E-state index in [-0.39, 0.29) is 18.3 Å². The van der Waals surface area contributed by atoms with Gasteiger partial charge in [-0.2, -0.15) is 0 Å². The van der Waals surface area contributed by atoms with E-state index in [4.69, 9.17) is 18.6 Å². The topological polar surface area (TPSA) is 109 Å². The maximum Gasteiger partial charge on any atom is 0.309 e. The zero-order chi connectivity index (χ0) is 19.9. The number of carbonyl (C=O) groups excluding carboxylic acids is 1. The van der Waals surface area contributed by atoms with Crippen LogP contribution in [0.4, 0.5) is 0 Å². The number of methoxy groups -OCH3 is 3. The molecule has 0 saturated heterocycles. The molecule has 0 aliphatic heterocycles. The average molecular weight is 384 g/mol. The Bertz CT molecular complexity index is 918. The highest BCUT2D eigenvalue weighted by molar-refractivity contribution is 5.89. The first kappa shape index (κ1) is 19.2. The van der Waals surface area contributed by atoms with Crippen LogP contribution in [0.15, 0.2) is 40.9 Å². The monoisotopic (exact) mass is 384 g/mol. The van der Waals surface area contributed by atoms with E-state index in [1.54, 1.807) is 24.4 Å². The lowest BCUT2D eigenvalue weighted by Crippen LogP contribution is -2.23. The molecule has 0 bridgehead atoms. The van der Waals surface area contributed by atoms with E-state index < -0.39 is 5.91 Å². The molecule has 3 rings (SSSR count). The predicted molar refractivity (Wildman–Crippen MR) is 98.6 cm³/mol. The number of benzene rings is 1. The van der Waals surface area contributed by atoms with Crippen molar-refractivity contribution in [3.63, 3.8) is 0 Å². The van der Waals surface area contributed by atoms with Gasteiger partial charge in [-0.15, -0.1) is 10.2 Å². The van der Waals surface area contributed by atoms with E-state index >= 15 is 0 Å². The lowest BCUT2D eigenvalue weighted by Gasteiger charge is -2.13. The molecule has 9 heteroatoms. The summed E-state index contributed by atoms with van der Waals surface area (Å²) < 4.78 is 21.4. The molecule has 0 radical (unpaired) electrons. The number of rotatable bonds is 8. The van der Waals surface area contributed by atoms with Crippen LogP contribution in [0.2, 0.25) is 0 Å². The highest BCUT2D eigenvalue weighted by Gasteiger charge is 2.17. The maximum atomic E-state index is 12.2. The van der Waals surface area contributed by atoms with Crippen molar-refractivity contribution in [3.8, 4) is 17.2 Å². The number of pyridine rings is 1. The van der Waals surface area contributed by atoms with Gasteiger partial charge >= 0.3 is 11.8 Å². The number of amides is 1. The fourth-order valence-corrected chi connectivity index (χ4v) is 2.58. The summed E-state index contributed by atoms with van der Waals surface area (Å²) in [6, 6.07) is 9.03. The number of ether oxygens (including phenoxy) is 3. The summed E-state index contributed by atoms with van der Waals surface area (Å²) in [5, 5.41) is 10.4. The van der Waals surface area contributed by atoms with Gasteiger partial charge in [0.2, 0.25) is 11.6 Å². The van der Waals surface area contributed by atoms with Crippen molar-refractivity contribution in [2.24, 2.45) is 0 Å². The van der Waals surface area contributed by atoms with E-state index in [9.17, 15) is 4.79 Å². The summed E-state index contributed by atoms with van der Waals surface area (Å²) in [4.78, 5) is 16.3. The van der Waals surface area contributed by atoms with Crippen molar-refractivity contribution in [2.45, 2.75) is 13.0 Å². The van der Waals surface area contributed by atoms with E-state index in [0.29, 0.717) is 23.7 Å². The minimum absolute atomic E-state index is 0.113. The van der Waals surface area contributed by atoms with Gasteiger partial charge in [-0.3, -0.25) is 9.78 Å². The number of aromatic nitrogens is 3. The second kappa shape index (κ2) is 8.85. The van der Waals surface area contributed by atoms with Crippen LogP contribution < -0.4 is 19.5 Å². The number of hydrogen-bond donors (Lipinski definition) is 1. The van der Waals surface area contributed by atoms with E-state index in [1.807, 2.05) is 12.1 Å². The minimum atomic E-state index is -0.464. The summed E-state index contributed by atoms with van der Waals surface area (Å²) in [6.45, 7) is 0.268. The van der Waals surface area contributed by atoms with E-state index in [1.165, 1.54) is 21.3 Å². The molecule has 2 heterocycles. The normalized spacial score (nSPS) is 10.4. The summed E-state index contributed by atoms with van der Waals surface area (Å²) in [5.41, 5.74) is 1.53. The first-order chi connectivity index (χ1) is 13.6. The van der Waals surface area contributed by atoms with Crippen molar-refractivity contribution >= 4 is 5.91 Å². The van der Waals surface area contributed by atoms with Crippen LogP contribution in [-0.2, 0) is 13.0 Å². The van der Waals surface area contributed by atoms with Gasteiger partial charge < -0.3 is 23.9 Å². The maximum absolute atomic E-state index is 12.2. The number of nitrogens with one attached hydrogen (secondary N) is 1. The summed E-state index contributed by atoms with van der Waals surface area (Å²) in [6.07, 6.45) is 1.96. The van der Waals surface area contributed by atoms with Crippen LogP contribution in [0.25, 0.3) is 0 Å². The molecule has 1 amide bonds. The lowest BCUT2D eigenvalue weighted by molar-refractivity contribution is 0.0914. The van der Waals surface area contributed by atoms with Gasteiger partial charge in [0, 0.05) is 6.20 Å². The van der Waals surface area contributed by atoms with Gasteiger partial charge in [0.15, 0.2) is 11.5 Å². The smallest absolute Gasteiger partial charge is 0.309 e. The van der Waals surface area contributed by atoms with Gasteiger partial charge in [-0.25, -0.2) is 0 Å². The van der Waals surface area contributed by atoms with Crippen molar-refractivity contribution in [1.82, 2.24) is 20.5 Å². The summed E-state index contributed by atoms with van der Waals surface area (Å²) >= 11 is 0. The number of nitrogens with zero attached hydrogens (tertiary/aromatic N) is 3. The molecule has 0 unspecified atom stereocenters. The second-order valence-corrected chi connectivity index (χ2v) is 5.72. The Morgan fingerprint density at radius 1 is 1.07 bits per heavy atom. The Morgan fingerprint density at radius 3 is 2.43 bits per heavy atom. The molecule has 0 saturated carbocycles. The predicted octanol–water partition coefficient (Wildman–Crippen LogP) is 2.01. The van der Waals surface area contributed by atoms with Crippen molar-refractivity contribution in [2.75, 3.05) is 21.3 Å². The van der Waals surface area contributed by atoms with Crippen LogP contribution in [0.1, 0.15) is 27.8 Å². The first-order valence-electron chi connectivity index (χ1n) is 8.44. The first-order valence-corrected chi connectivity index (χ1v) is 8.44. The van der Waals surface area contributed by atoms with Crippen LogP contribution in [0.3, 0.4) is 0 Å². The molecule has 0 fully saturated rings. The van der Waals surface area contributed by atoms with Gasteiger partial charge in [-0.1, -0.05) is 6.07 Å². The van der Waals surface area contributed by atoms with Crippen LogP contribution in [-0.4, -0.2) is 42.4 Å². The minimum Gasteiger partial charge on any atom is -0.493 e. The van der Waals surface area contributed by atoms with Crippen LogP contribution in [0.5, 0.6) is 17.2 Å². The molecule has 146 valence electrons. The third-order valence-electron chi connectivity index (χ3n) is 3.90. The Balaban J connectivity index is 1.69. The fourth-order valence-electron chi connectivity index (χ4n) is 2.58. The van der Waals surface area contributed by atoms with Gasteiger partial charge in [0.05, 0.1) is 40.0 Å². The summed E-state index contributed by atoms with van der Waals surface area (Å²) in [5.74, 6) is 1.24. The standard InChI is InChI=1S/C19H20N4O5/c1-25-14-8-12(9-15(26-2)17(14)27-3)10-16-22-23-19(28-16)18(24)21-11-13-6-4-5-7-20-13/h4-9H,10-11H2,1-3H3,(H,21,24). The molecule has 1 aromatic carbocycles. The van der Waals surface area contributed by atoms with E-state index in [2.05, 4.69) is 20.5 Å². The number of carbonyl (C=O) groups is 1. The Kier molecular flexibility index (Phi) is 6.05. The average Bonchev–Trinajstić information content (AvgIpc) is 3.20. The Hall–Kier alpha value is -3.62. The Morgan fingerprint density at radius 2 is 1.82 bits per heavy atom. The molecule has 0 aliphatic carbocycles. The molecule has 0 aliphatic rings. The van der Waals surface area contributed by atoms with Crippen molar-refractivity contribution in [1.29, 1.82) is 0 Å². The van der Waals surface area contributed by atoms with Crippen LogP contribution >= 0.6 is 0 Å². The van der Waals surface area contributed by atoms with E-state index in [0.717, 1.165) is 11.3 Å². The third kappa shape index (κ3) is 4.37. The molecular weight excluding hydrogens is 364 g/mol. The molecule has 2 aromatic heterocycles. The van der Waals surface area contributed by atoms with Gasteiger partial charge in [0.25, 0.3) is 0 Å². The second-order valence-electron chi connectivity index (χ2n) is 5.72. The molecule has 9 nitrogen and oxygen atoms in total. The quantitative estimate of drug-likeness (QED) is 0.628. The molecular formula is C19H20N4O5. The summed E-state index contributed by atoms with van der Waals surface area (Å²) in [7, 11) is 4.61. The lowest BCUT2D eigenvalue weighted by atomic mass is 10.1. The van der Waals surface area contributed by atoms with Crippen molar-refractivity contribution < 1.29 is 23.4 Å². The number of hydrogen-bond acceptors (Lipinski definition) is 8. The highest BCUT2D eigenvalue weighted by atomic mass is 16.5. The molecule has 0 spiro atoms. The molecule has 1 N–H and O–H groups in total. The zero-order valence-electron chi connectivity index (χ0n) is 15.8. The molecule has 3 aromatic rings. The fraction of sp³-hybridized carbons (Fsp3) is 0.263. The SMILES string of the molecule is COc1cc(Cc2nnc(C(=O)NCc3ccccn3)o2)cc(OC)c1OC. The largest absolute Gasteiger partial charge is 0.493 e.